The molecule has 1 rings (SSSR count). The van der Waals surface area contributed by atoms with Crippen LogP contribution in [0.5, 0.6) is 0 Å². The molecule has 0 radical (unpaired) electrons. The summed E-state index contributed by atoms with van der Waals surface area (Å²) in [6.07, 6.45) is 0. The maximum Gasteiger partial charge on any atom is 1.00 e. The van der Waals surface area contributed by atoms with Crippen LogP contribution in [0.3, 0.4) is 0 Å². The van der Waals surface area contributed by atoms with E-state index in [2.05, 4.69) is 0 Å². The summed E-state index contributed by atoms with van der Waals surface area (Å²) >= 11 is 10.8. The summed E-state index contributed by atoms with van der Waals surface area (Å²) in [5.74, 6) is -2.07. The van der Waals surface area contributed by atoms with Crippen molar-refractivity contribution in [2.45, 2.75) is 0 Å². The molecule has 0 saturated heterocycles. The third kappa shape index (κ3) is 3.47. The quantitative estimate of drug-likeness (QED) is 0.559. The molecule has 13 heavy (non-hydrogen) atoms. The Hall–Kier alpha value is 0.836. The van der Waals surface area contributed by atoms with E-state index in [4.69, 9.17) is 28.3 Å². The molecule has 0 spiro atoms. The van der Waals surface area contributed by atoms with Gasteiger partial charge in [-0.2, -0.15) is 0 Å². The molecule has 1 aromatic carbocycles. The zero-order valence-corrected chi connectivity index (χ0v) is 11.3. The van der Waals surface area contributed by atoms with Crippen molar-refractivity contribution in [3.63, 3.8) is 0 Å². The van der Waals surface area contributed by atoms with Crippen molar-refractivity contribution < 1.29 is 67.1 Å². The van der Waals surface area contributed by atoms with Crippen LogP contribution in [0, 0.1) is 5.82 Å². The predicted octanol–water partition coefficient (Wildman–Crippen LogP) is -0.0528. The molecule has 0 fully saturated rings. The molecule has 0 unspecified atom stereocenters. The van der Waals surface area contributed by atoms with Gasteiger partial charge in [-0.05, 0) is 12.1 Å². The normalized spacial score (nSPS) is 9.15. The second-order valence-corrected chi connectivity index (χ2v) is 2.87. The molecule has 1 N–H and O–H groups in total. The van der Waals surface area contributed by atoms with Gasteiger partial charge in [-0.15, -0.1) is 0 Å². The van der Waals surface area contributed by atoms with Crippen LogP contribution in [0.1, 0.15) is 11.8 Å². The van der Waals surface area contributed by atoms with Gasteiger partial charge in [-0.3, -0.25) is 0 Å². The minimum atomic E-state index is -1.28. The van der Waals surface area contributed by atoms with Crippen LogP contribution in [0.2, 0.25) is 10.0 Å². The number of hydrogen-bond donors (Lipinski definition) is 1. The number of rotatable bonds is 1. The fourth-order valence-corrected chi connectivity index (χ4v) is 1.15. The monoisotopic (exact) mass is 248 g/mol. The Morgan fingerprint density at radius 2 is 1.92 bits per heavy atom. The average Bonchev–Trinajstić information content (AvgIpc) is 1.96. The maximum atomic E-state index is 12.7. The Morgan fingerprint density at radius 1 is 1.38 bits per heavy atom. The van der Waals surface area contributed by atoms with Crippen molar-refractivity contribution in [1.29, 1.82) is 0 Å². The largest absolute Gasteiger partial charge is 1.00 e. The summed E-state index contributed by atoms with van der Waals surface area (Å²) in [7, 11) is 0. The van der Waals surface area contributed by atoms with Gasteiger partial charge < -0.3 is 6.53 Å². The number of carbonyl (C=O) groups is 1. The topological polar surface area (TPSA) is 37.3 Å². The average molecular weight is 249 g/mol. The van der Waals surface area contributed by atoms with E-state index in [9.17, 15) is 9.18 Å². The number of benzene rings is 1. The molecule has 0 aliphatic rings. The number of carboxylic acid groups (broad SMARTS) is 1. The van der Waals surface area contributed by atoms with Crippen molar-refractivity contribution in [2.75, 3.05) is 0 Å². The van der Waals surface area contributed by atoms with Crippen LogP contribution in [-0.4, -0.2) is 11.1 Å². The van der Waals surface area contributed by atoms with E-state index in [1.165, 1.54) is 0 Å². The standard InChI is InChI=1S/C7H3Cl2FO2.K.H/c8-4-2-5(9)6(10)1-3(4)7(11)12;;/h1-2H,(H,11,12);;/q;+1;-1. The first-order valence-electron chi connectivity index (χ1n) is 2.90. The summed E-state index contributed by atoms with van der Waals surface area (Å²) in [5.41, 5.74) is -0.293. The van der Waals surface area contributed by atoms with Crippen molar-refractivity contribution in [2.24, 2.45) is 0 Å². The second kappa shape index (κ2) is 5.65. The first-order valence-corrected chi connectivity index (χ1v) is 3.66. The fraction of sp³-hybridized carbons (Fsp3) is 0. The molecular weight excluding hydrogens is 245 g/mol. The van der Waals surface area contributed by atoms with E-state index in [1.807, 2.05) is 0 Å². The Labute approximate surface area is 128 Å². The molecule has 2 nitrogen and oxygen atoms in total. The summed E-state index contributed by atoms with van der Waals surface area (Å²) in [5, 5.41) is 8.22. The first-order chi connectivity index (χ1) is 5.52. The summed E-state index contributed by atoms with van der Waals surface area (Å²) in [4.78, 5) is 10.4. The van der Waals surface area contributed by atoms with Crippen molar-refractivity contribution in [3.05, 3.63) is 33.6 Å². The number of carboxylic acids is 1. The summed E-state index contributed by atoms with van der Waals surface area (Å²) < 4.78 is 12.7. The Bertz CT molecular complexity index is 349. The minimum Gasteiger partial charge on any atom is -1.00 e. The molecule has 0 bridgehead atoms. The molecular formula is C7H4Cl2FKO2. The van der Waals surface area contributed by atoms with Gasteiger partial charge in [0, 0.05) is 0 Å². The second-order valence-electron chi connectivity index (χ2n) is 2.05. The molecule has 1 aromatic rings. The van der Waals surface area contributed by atoms with Crippen molar-refractivity contribution >= 4 is 29.2 Å². The van der Waals surface area contributed by atoms with Gasteiger partial charge in [0.15, 0.2) is 0 Å². The third-order valence-corrected chi connectivity index (χ3v) is 1.84. The maximum absolute atomic E-state index is 12.7. The zero-order chi connectivity index (χ0) is 9.30. The molecule has 0 atom stereocenters. The van der Waals surface area contributed by atoms with Gasteiger partial charge in [-0.1, -0.05) is 23.2 Å². The Balaban J connectivity index is 0. The van der Waals surface area contributed by atoms with E-state index >= 15 is 0 Å². The first kappa shape index (κ1) is 13.8. The molecule has 0 aliphatic heterocycles. The molecule has 0 aliphatic carbocycles. The van der Waals surface area contributed by atoms with Gasteiger partial charge in [0.1, 0.15) is 5.82 Å². The van der Waals surface area contributed by atoms with Crippen LogP contribution in [-0.2, 0) is 0 Å². The SMILES string of the molecule is O=C(O)c1cc(F)c(Cl)cc1Cl.[H-].[K+]. The van der Waals surface area contributed by atoms with E-state index in [0.717, 1.165) is 12.1 Å². The van der Waals surface area contributed by atoms with Gasteiger partial charge in [-0.25, -0.2) is 9.18 Å². The fourth-order valence-electron chi connectivity index (χ4n) is 0.686. The van der Waals surface area contributed by atoms with Crippen molar-refractivity contribution in [3.8, 4) is 0 Å². The van der Waals surface area contributed by atoms with Gasteiger partial charge >= 0.3 is 57.4 Å². The number of hydrogen-bond acceptors (Lipinski definition) is 1. The molecule has 0 heterocycles. The predicted molar refractivity (Wildman–Crippen MR) is 44.5 cm³/mol. The van der Waals surface area contributed by atoms with Crippen LogP contribution in [0.4, 0.5) is 4.39 Å². The number of aromatic carboxylic acids is 1. The van der Waals surface area contributed by atoms with Crippen LogP contribution in [0.25, 0.3) is 0 Å². The summed E-state index contributed by atoms with van der Waals surface area (Å²) in [6.45, 7) is 0. The molecule has 66 valence electrons. The van der Waals surface area contributed by atoms with Gasteiger partial charge in [0.05, 0.1) is 15.6 Å². The molecule has 0 saturated carbocycles. The van der Waals surface area contributed by atoms with Crippen LogP contribution < -0.4 is 51.4 Å². The van der Waals surface area contributed by atoms with Crippen LogP contribution in [0.15, 0.2) is 12.1 Å². The van der Waals surface area contributed by atoms with Gasteiger partial charge in [0.25, 0.3) is 0 Å². The van der Waals surface area contributed by atoms with Gasteiger partial charge in [0.2, 0.25) is 0 Å². The number of halogens is 3. The molecule has 6 heteroatoms. The van der Waals surface area contributed by atoms with Crippen LogP contribution >= 0.6 is 23.2 Å². The van der Waals surface area contributed by atoms with Crippen molar-refractivity contribution in [1.82, 2.24) is 0 Å². The summed E-state index contributed by atoms with van der Waals surface area (Å²) in [6, 6.07) is 1.84. The van der Waals surface area contributed by atoms with E-state index in [-0.39, 0.29) is 68.4 Å². The Kier molecular flexibility index (Phi) is 6.02. The van der Waals surface area contributed by atoms with E-state index < -0.39 is 11.8 Å². The smallest absolute Gasteiger partial charge is 1.00 e. The molecule has 0 aromatic heterocycles. The Morgan fingerprint density at radius 3 is 2.38 bits per heavy atom. The third-order valence-electron chi connectivity index (χ3n) is 1.24. The zero-order valence-electron chi connectivity index (χ0n) is 7.64. The van der Waals surface area contributed by atoms with E-state index in [0.29, 0.717) is 0 Å². The molecule has 0 amide bonds. The minimum absolute atomic E-state index is 0. The van der Waals surface area contributed by atoms with E-state index in [1.54, 1.807) is 0 Å².